The SMILES string of the molecule is COCCCn1c(=O)[nH]c(=O)c2[nH]c(NCC(=O)O)nc21. The normalized spacial score (nSPS) is 10.9. The number of nitrogens with zero attached hydrogens (tertiary/aromatic N) is 2. The van der Waals surface area contributed by atoms with Gasteiger partial charge < -0.3 is 20.1 Å². The molecular formula is C11H15N5O5. The molecule has 0 aromatic carbocycles. The lowest BCUT2D eigenvalue weighted by atomic mass is 10.4. The maximum absolute atomic E-state index is 11.8. The number of hydrogen-bond donors (Lipinski definition) is 4. The summed E-state index contributed by atoms with van der Waals surface area (Å²) in [5, 5.41) is 11.1. The Balaban J connectivity index is 2.40. The molecule has 0 saturated heterocycles. The average Bonchev–Trinajstić information content (AvgIpc) is 2.85. The lowest BCUT2D eigenvalue weighted by Gasteiger charge is -2.04. The quantitative estimate of drug-likeness (QED) is 0.477. The van der Waals surface area contributed by atoms with Crippen molar-refractivity contribution in [2.24, 2.45) is 0 Å². The number of ether oxygens (including phenoxy) is 1. The summed E-state index contributed by atoms with van der Waals surface area (Å²) in [5.74, 6) is -0.953. The molecule has 0 radical (unpaired) electrons. The number of hydrogen-bond acceptors (Lipinski definition) is 6. The summed E-state index contributed by atoms with van der Waals surface area (Å²) in [7, 11) is 1.55. The molecule has 4 N–H and O–H groups in total. The van der Waals surface area contributed by atoms with E-state index in [0.717, 1.165) is 0 Å². The molecule has 0 atom stereocenters. The van der Waals surface area contributed by atoms with E-state index in [1.165, 1.54) is 4.57 Å². The number of anilines is 1. The van der Waals surface area contributed by atoms with Gasteiger partial charge in [0, 0.05) is 20.3 Å². The first-order valence-electron chi connectivity index (χ1n) is 6.20. The maximum Gasteiger partial charge on any atom is 0.330 e. The summed E-state index contributed by atoms with van der Waals surface area (Å²) < 4.78 is 6.22. The van der Waals surface area contributed by atoms with Crippen LogP contribution in [0.2, 0.25) is 0 Å². The van der Waals surface area contributed by atoms with Gasteiger partial charge in [0.2, 0.25) is 5.95 Å². The fraction of sp³-hybridized carbons (Fsp3) is 0.455. The van der Waals surface area contributed by atoms with E-state index in [9.17, 15) is 14.4 Å². The number of H-pyrrole nitrogens is 2. The number of imidazole rings is 1. The first-order chi connectivity index (χ1) is 10.0. The van der Waals surface area contributed by atoms with Gasteiger partial charge in [-0.25, -0.2) is 4.79 Å². The molecule has 0 bridgehead atoms. The molecule has 0 unspecified atom stereocenters. The lowest BCUT2D eigenvalue weighted by molar-refractivity contribution is -0.134. The highest BCUT2D eigenvalue weighted by molar-refractivity contribution is 5.75. The number of carboxylic acid groups (broad SMARTS) is 1. The number of aliphatic carboxylic acids is 1. The number of aromatic nitrogens is 4. The minimum Gasteiger partial charge on any atom is -0.480 e. The molecular weight excluding hydrogens is 282 g/mol. The summed E-state index contributed by atoms with van der Waals surface area (Å²) in [5.41, 5.74) is -0.888. The number of carboxylic acids is 1. The van der Waals surface area contributed by atoms with Crippen molar-refractivity contribution >= 4 is 23.1 Å². The van der Waals surface area contributed by atoms with Gasteiger partial charge in [-0.3, -0.25) is 19.1 Å². The van der Waals surface area contributed by atoms with Crippen LogP contribution < -0.4 is 16.6 Å². The van der Waals surface area contributed by atoms with Gasteiger partial charge in [-0.05, 0) is 6.42 Å². The van der Waals surface area contributed by atoms with E-state index < -0.39 is 17.2 Å². The molecule has 0 aliphatic heterocycles. The molecule has 0 aliphatic rings. The molecule has 2 heterocycles. The van der Waals surface area contributed by atoms with Crippen LogP contribution in [0.15, 0.2) is 9.59 Å². The van der Waals surface area contributed by atoms with Crippen LogP contribution in [0.5, 0.6) is 0 Å². The van der Waals surface area contributed by atoms with Gasteiger partial charge in [0.15, 0.2) is 11.2 Å². The summed E-state index contributed by atoms with van der Waals surface area (Å²) in [6.07, 6.45) is 0.572. The van der Waals surface area contributed by atoms with Crippen LogP contribution >= 0.6 is 0 Å². The number of fused-ring (bicyclic) bond motifs is 1. The average molecular weight is 297 g/mol. The van der Waals surface area contributed by atoms with Crippen LogP contribution in [0.25, 0.3) is 11.2 Å². The zero-order valence-electron chi connectivity index (χ0n) is 11.3. The van der Waals surface area contributed by atoms with Gasteiger partial charge in [-0.2, -0.15) is 4.98 Å². The van der Waals surface area contributed by atoms with Gasteiger partial charge in [-0.15, -0.1) is 0 Å². The number of aromatic amines is 2. The van der Waals surface area contributed by atoms with E-state index in [4.69, 9.17) is 9.84 Å². The van der Waals surface area contributed by atoms with E-state index in [1.54, 1.807) is 7.11 Å². The summed E-state index contributed by atoms with van der Waals surface area (Å²) in [4.78, 5) is 43.0. The minimum absolute atomic E-state index is 0.111. The van der Waals surface area contributed by atoms with Gasteiger partial charge in [0.25, 0.3) is 5.56 Å². The Morgan fingerprint density at radius 3 is 2.86 bits per heavy atom. The van der Waals surface area contributed by atoms with Gasteiger partial charge in [0.05, 0.1) is 0 Å². The highest BCUT2D eigenvalue weighted by Gasteiger charge is 2.13. The zero-order chi connectivity index (χ0) is 15.4. The first kappa shape index (κ1) is 14.8. The Morgan fingerprint density at radius 2 is 2.19 bits per heavy atom. The smallest absolute Gasteiger partial charge is 0.330 e. The van der Waals surface area contributed by atoms with Crippen molar-refractivity contribution in [3.8, 4) is 0 Å². The highest BCUT2D eigenvalue weighted by atomic mass is 16.5. The van der Waals surface area contributed by atoms with Crippen LogP contribution in [-0.2, 0) is 16.1 Å². The zero-order valence-corrected chi connectivity index (χ0v) is 11.3. The van der Waals surface area contributed by atoms with Crippen LogP contribution in [0.1, 0.15) is 6.42 Å². The molecule has 2 aromatic heterocycles. The number of rotatable bonds is 7. The summed E-state index contributed by atoms with van der Waals surface area (Å²) in [6.45, 7) is 0.427. The second kappa shape index (κ2) is 6.22. The molecule has 0 amide bonds. The largest absolute Gasteiger partial charge is 0.480 e. The fourth-order valence-electron chi connectivity index (χ4n) is 1.86. The molecule has 0 saturated carbocycles. The van der Waals surface area contributed by atoms with E-state index in [-0.39, 0.29) is 23.7 Å². The maximum atomic E-state index is 11.8. The second-order valence-electron chi connectivity index (χ2n) is 4.29. The molecule has 10 nitrogen and oxygen atoms in total. The number of aryl methyl sites for hydroxylation is 1. The molecule has 10 heteroatoms. The third-order valence-electron chi connectivity index (χ3n) is 2.77. The Hall–Kier alpha value is -2.62. The predicted molar refractivity (Wildman–Crippen MR) is 73.6 cm³/mol. The molecule has 0 spiro atoms. The first-order valence-corrected chi connectivity index (χ1v) is 6.20. The van der Waals surface area contributed by atoms with Crippen LogP contribution in [0.4, 0.5) is 5.95 Å². The summed E-state index contributed by atoms with van der Waals surface area (Å²) in [6, 6.07) is 0. The van der Waals surface area contributed by atoms with Crippen molar-refractivity contribution in [1.29, 1.82) is 0 Å². The molecule has 2 rings (SSSR count). The van der Waals surface area contributed by atoms with Crippen molar-refractivity contribution in [3.63, 3.8) is 0 Å². The third kappa shape index (κ3) is 3.28. The Labute approximate surface area is 117 Å². The number of carbonyl (C=O) groups is 1. The van der Waals surface area contributed by atoms with Crippen LogP contribution in [0.3, 0.4) is 0 Å². The summed E-state index contributed by atoms with van der Waals surface area (Å²) >= 11 is 0. The second-order valence-corrected chi connectivity index (χ2v) is 4.29. The van der Waals surface area contributed by atoms with E-state index in [0.29, 0.717) is 19.6 Å². The van der Waals surface area contributed by atoms with E-state index in [2.05, 4.69) is 20.3 Å². The molecule has 0 fully saturated rings. The lowest BCUT2D eigenvalue weighted by Crippen LogP contribution is -2.30. The van der Waals surface area contributed by atoms with Crippen molar-refractivity contribution in [1.82, 2.24) is 19.5 Å². The third-order valence-corrected chi connectivity index (χ3v) is 2.77. The van der Waals surface area contributed by atoms with Crippen molar-refractivity contribution in [2.45, 2.75) is 13.0 Å². The van der Waals surface area contributed by atoms with E-state index >= 15 is 0 Å². The van der Waals surface area contributed by atoms with Gasteiger partial charge in [-0.1, -0.05) is 0 Å². The highest BCUT2D eigenvalue weighted by Crippen LogP contribution is 2.09. The van der Waals surface area contributed by atoms with Crippen LogP contribution in [0, 0.1) is 0 Å². The van der Waals surface area contributed by atoms with Crippen molar-refractivity contribution < 1.29 is 14.6 Å². The van der Waals surface area contributed by atoms with Gasteiger partial charge in [0.1, 0.15) is 6.54 Å². The minimum atomic E-state index is -1.07. The standard InChI is InChI=1S/C11H15N5O5/c1-21-4-2-3-16-8-7(9(19)15-11(16)20)13-10(14-8)12-5-6(17)18/h2-5H2,1H3,(H,17,18)(H2,12,13,14)(H,15,19,20). The molecule has 2 aromatic rings. The fourth-order valence-corrected chi connectivity index (χ4v) is 1.86. The van der Waals surface area contributed by atoms with E-state index in [1.807, 2.05) is 0 Å². The number of methoxy groups -OCH3 is 1. The van der Waals surface area contributed by atoms with Crippen molar-refractivity contribution in [2.75, 3.05) is 25.6 Å². The molecule has 21 heavy (non-hydrogen) atoms. The molecule has 114 valence electrons. The Kier molecular flexibility index (Phi) is 4.38. The Morgan fingerprint density at radius 1 is 1.43 bits per heavy atom. The predicted octanol–water partition coefficient (Wildman–Crippen LogP) is -1.05. The van der Waals surface area contributed by atoms with Crippen LogP contribution in [-0.4, -0.2) is 50.9 Å². The van der Waals surface area contributed by atoms with Crippen molar-refractivity contribution in [3.05, 3.63) is 20.8 Å². The number of nitrogens with one attached hydrogen (secondary N) is 3. The Bertz CT molecular complexity index is 758. The van der Waals surface area contributed by atoms with Gasteiger partial charge >= 0.3 is 11.7 Å². The molecule has 0 aliphatic carbocycles. The topological polar surface area (TPSA) is 142 Å². The monoisotopic (exact) mass is 297 g/mol.